The van der Waals surface area contributed by atoms with E-state index in [9.17, 15) is 9.59 Å². The number of benzene rings is 2. The van der Waals surface area contributed by atoms with E-state index >= 15 is 0 Å². The van der Waals surface area contributed by atoms with Crippen LogP contribution < -0.4 is 0 Å². The zero-order chi connectivity index (χ0) is 29.1. The van der Waals surface area contributed by atoms with E-state index < -0.39 is 5.41 Å². The van der Waals surface area contributed by atoms with Crippen LogP contribution in [0.1, 0.15) is 89.5 Å². The lowest BCUT2D eigenvalue weighted by Gasteiger charge is -2.33. The first kappa shape index (κ1) is 30.7. The van der Waals surface area contributed by atoms with Crippen LogP contribution in [0.5, 0.6) is 0 Å². The minimum atomic E-state index is -0.522. The Kier molecular flexibility index (Phi) is 9.51. The monoisotopic (exact) mass is 530 g/mol. The molecule has 1 saturated carbocycles. The second-order valence-electron chi connectivity index (χ2n) is 13.1. The Balaban J connectivity index is 0.00000134. The molecule has 2 fully saturated rings. The van der Waals surface area contributed by atoms with Crippen molar-refractivity contribution in [3.8, 4) is 11.1 Å². The molecule has 0 spiro atoms. The Hall–Kier alpha value is -2.88. The first-order valence-corrected chi connectivity index (χ1v) is 14.7. The van der Waals surface area contributed by atoms with E-state index in [2.05, 4.69) is 84.5 Å². The maximum atomic E-state index is 13.6. The summed E-state index contributed by atoms with van der Waals surface area (Å²) in [6.45, 7) is 25.1. The molecule has 2 aromatic carbocycles. The van der Waals surface area contributed by atoms with Crippen LogP contribution in [0, 0.1) is 37.5 Å². The van der Waals surface area contributed by atoms with Crippen LogP contribution in [-0.2, 0) is 9.59 Å². The van der Waals surface area contributed by atoms with Gasteiger partial charge in [0.05, 0.1) is 0 Å². The summed E-state index contributed by atoms with van der Waals surface area (Å²) < 4.78 is 0. The molecule has 39 heavy (non-hydrogen) atoms. The topological polar surface area (TPSA) is 40.6 Å². The second kappa shape index (κ2) is 12.1. The van der Waals surface area contributed by atoms with Crippen molar-refractivity contribution in [1.29, 1.82) is 0 Å². The van der Waals surface area contributed by atoms with Crippen molar-refractivity contribution >= 4 is 17.5 Å². The van der Waals surface area contributed by atoms with Crippen LogP contribution in [0.25, 0.3) is 16.8 Å². The van der Waals surface area contributed by atoms with Gasteiger partial charge >= 0.3 is 0 Å². The van der Waals surface area contributed by atoms with E-state index in [-0.39, 0.29) is 23.1 Å². The quantitative estimate of drug-likeness (QED) is 0.378. The van der Waals surface area contributed by atoms with Gasteiger partial charge in [0.15, 0.2) is 0 Å². The number of carbonyl (C=O) groups excluding carboxylic acids is 2. The minimum absolute atomic E-state index is 0.0732. The highest BCUT2D eigenvalue weighted by molar-refractivity contribution is 5.90. The summed E-state index contributed by atoms with van der Waals surface area (Å²) in [6.07, 6.45) is 4.17. The highest BCUT2D eigenvalue weighted by Gasteiger charge is 2.48. The van der Waals surface area contributed by atoms with Gasteiger partial charge < -0.3 is 9.80 Å². The van der Waals surface area contributed by atoms with Crippen molar-refractivity contribution in [2.24, 2.45) is 16.7 Å². The molecular formula is C35H50N2O2. The van der Waals surface area contributed by atoms with Crippen molar-refractivity contribution in [1.82, 2.24) is 9.80 Å². The number of carbonyl (C=O) groups is 2. The molecule has 1 aliphatic carbocycles. The van der Waals surface area contributed by atoms with Crippen LogP contribution in [0.15, 0.2) is 43.0 Å². The van der Waals surface area contributed by atoms with Crippen LogP contribution >= 0.6 is 0 Å². The molecule has 4 nitrogen and oxygen atoms in total. The maximum absolute atomic E-state index is 13.6. The Morgan fingerprint density at radius 2 is 1.54 bits per heavy atom. The molecule has 1 atom stereocenters. The molecule has 212 valence electrons. The summed E-state index contributed by atoms with van der Waals surface area (Å²) >= 11 is 0. The Bertz CT molecular complexity index is 1220. The van der Waals surface area contributed by atoms with Gasteiger partial charge in [-0.05, 0) is 73.8 Å². The fraction of sp³-hybridized carbons (Fsp3) is 0.543. The first-order valence-electron chi connectivity index (χ1n) is 14.7. The molecule has 1 unspecified atom stereocenters. The Morgan fingerprint density at radius 1 is 0.974 bits per heavy atom. The number of likely N-dealkylation sites (tertiary alicyclic amines) is 1. The highest BCUT2D eigenvalue weighted by atomic mass is 16.2. The number of aryl methyl sites for hydroxylation is 3. The zero-order valence-electron chi connectivity index (χ0n) is 25.9. The molecule has 1 saturated heterocycles. The molecule has 4 rings (SSSR count). The Morgan fingerprint density at radius 3 is 2.05 bits per heavy atom. The third-order valence-electron chi connectivity index (χ3n) is 8.12. The second-order valence-corrected chi connectivity index (χ2v) is 13.1. The summed E-state index contributed by atoms with van der Waals surface area (Å²) in [4.78, 5) is 30.4. The summed E-state index contributed by atoms with van der Waals surface area (Å²) in [5, 5.41) is 0. The smallest absolute Gasteiger partial charge is 0.232 e. The predicted molar refractivity (Wildman–Crippen MR) is 164 cm³/mol. The molecule has 0 N–H and O–H groups in total. The third kappa shape index (κ3) is 7.21. The van der Waals surface area contributed by atoms with Crippen LogP contribution in [0.3, 0.4) is 0 Å². The zero-order valence-corrected chi connectivity index (χ0v) is 25.9. The third-order valence-corrected chi connectivity index (χ3v) is 8.12. The lowest BCUT2D eigenvalue weighted by atomic mass is 9.92. The normalized spacial score (nSPS) is 17.8. The molecule has 2 aliphatic rings. The highest BCUT2D eigenvalue weighted by Crippen LogP contribution is 2.47. The van der Waals surface area contributed by atoms with Gasteiger partial charge in [-0.25, -0.2) is 0 Å². The summed E-state index contributed by atoms with van der Waals surface area (Å²) in [7, 11) is 0. The number of rotatable bonds is 6. The molecule has 2 amide bonds. The Labute approximate surface area is 237 Å². The maximum Gasteiger partial charge on any atom is 0.232 e. The van der Waals surface area contributed by atoms with E-state index in [1.807, 2.05) is 30.6 Å². The van der Waals surface area contributed by atoms with Crippen LogP contribution in [-0.4, -0.2) is 41.2 Å². The molecule has 2 aromatic rings. The van der Waals surface area contributed by atoms with Gasteiger partial charge in [-0.3, -0.25) is 9.59 Å². The van der Waals surface area contributed by atoms with E-state index in [1.165, 1.54) is 28.7 Å². The minimum Gasteiger partial charge on any atom is -0.342 e. The number of hydrogen-bond acceptors (Lipinski definition) is 2. The van der Waals surface area contributed by atoms with Gasteiger partial charge in [-0.2, -0.15) is 0 Å². The molecule has 4 heteroatoms. The van der Waals surface area contributed by atoms with Crippen molar-refractivity contribution < 1.29 is 9.59 Å². The van der Waals surface area contributed by atoms with Gasteiger partial charge in [-0.1, -0.05) is 90.9 Å². The van der Waals surface area contributed by atoms with Crippen LogP contribution in [0.2, 0.25) is 0 Å². The lowest BCUT2D eigenvalue weighted by molar-refractivity contribution is -0.136. The predicted octanol–water partition coefficient (Wildman–Crippen LogP) is 8.19. The van der Waals surface area contributed by atoms with Crippen molar-refractivity contribution in [3.05, 3.63) is 65.2 Å². The molecule has 1 aliphatic heterocycles. The molecule has 0 aromatic heterocycles. The largest absolute Gasteiger partial charge is 0.342 e. The van der Waals surface area contributed by atoms with Gasteiger partial charge in [-0.15, -0.1) is 0 Å². The molecular weight excluding hydrogens is 480 g/mol. The first-order chi connectivity index (χ1) is 18.2. The van der Waals surface area contributed by atoms with Crippen molar-refractivity contribution in [2.75, 3.05) is 19.6 Å². The van der Waals surface area contributed by atoms with Crippen molar-refractivity contribution in [3.63, 3.8) is 0 Å². The number of amides is 2. The summed E-state index contributed by atoms with van der Waals surface area (Å²) in [6, 6.07) is 13.0. The fourth-order valence-corrected chi connectivity index (χ4v) is 5.16. The van der Waals surface area contributed by atoms with E-state index in [1.54, 1.807) is 0 Å². The van der Waals surface area contributed by atoms with Gasteiger partial charge in [0.2, 0.25) is 11.8 Å². The molecule has 0 radical (unpaired) electrons. The van der Waals surface area contributed by atoms with Gasteiger partial charge in [0.25, 0.3) is 0 Å². The number of nitrogens with zero attached hydrogens (tertiary/aromatic N) is 2. The summed E-state index contributed by atoms with van der Waals surface area (Å²) in [5.41, 5.74) is 7.11. The summed E-state index contributed by atoms with van der Waals surface area (Å²) in [5.74, 6) is 0.619. The van der Waals surface area contributed by atoms with E-state index in [4.69, 9.17) is 0 Å². The molecule has 0 bridgehead atoms. The number of hydrogen-bond donors (Lipinski definition) is 0. The van der Waals surface area contributed by atoms with E-state index in [0.717, 1.165) is 49.2 Å². The van der Waals surface area contributed by atoms with Crippen molar-refractivity contribution in [2.45, 2.75) is 88.0 Å². The standard InChI is InChI=1S/C32H42N2O2.C3H8/c1-21-9-10-26(17-22(21)2)27-11-12-28(23(3)18-27)24(4)34(29(35)31(5,6)7)20-25-13-16-33(19-25)30(36)32(8)14-15-32;1-3-2/h9-12,17-18,25H,4,13-16,19-20H2,1-3,5-8H3;3H2,1-2H3. The average molecular weight is 531 g/mol. The van der Waals surface area contributed by atoms with Gasteiger partial charge in [0, 0.05) is 41.7 Å². The van der Waals surface area contributed by atoms with Gasteiger partial charge in [0.1, 0.15) is 0 Å². The fourth-order valence-electron chi connectivity index (χ4n) is 5.16. The van der Waals surface area contributed by atoms with Crippen LogP contribution in [0.4, 0.5) is 0 Å². The molecule has 1 heterocycles. The SMILES string of the molecule is C=C(c1ccc(-c2ccc(C)c(C)c2)cc1C)N(CC1CCN(C(=O)C2(C)CC2)C1)C(=O)C(C)(C)C.CCC. The van der Waals surface area contributed by atoms with E-state index in [0.29, 0.717) is 6.54 Å². The average Bonchev–Trinajstić information content (AvgIpc) is 3.45. The lowest BCUT2D eigenvalue weighted by Crippen LogP contribution is -2.42.